The Balaban J connectivity index is 1.68. The van der Waals surface area contributed by atoms with E-state index in [1.165, 1.54) is 4.52 Å². The second-order valence-corrected chi connectivity index (χ2v) is 9.42. The van der Waals surface area contributed by atoms with Crippen LogP contribution >= 0.6 is 0 Å². The molecule has 160 valence electrons. The zero-order valence-corrected chi connectivity index (χ0v) is 18.3. The van der Waals surface area contributed by atoms with Crippen LogP contribution < -0.4 is 5.32 Å². The third kappa shape index (κ3) is 3.41. The molecule has 32 heavy (non-hydrogen) atoms. The van der Waals surface area contributed by atoms with Crippen LogP contribution in [0, 0.1) is 13.8 Å². The largest absolute Gasteiger partial charge is 0.604 e. The number of para-hydroxylation sites is 1. The molecule has 3 aromatic heterocycles. The zero-order chi connectivity index (χ0) is 22.3. The van der Waals surface area contributed by atoms with Gasteiger partial charge in [-0.1, -0.05) is 38.8 Å². The molecule has 0 radical (unpaired) electrons. The van der Waals surface area contributed by atoms with Gasteiger partial charge in [0.05, 0.1) is 5.52 Å². The van der Waals surface area contributed by atoms with Gasteiger partial charge in [0.1, 0.15) is 16.0 Å². The topological polar surface area (TPSA) is 108 Å². The van der Waals surface area contributed by atoms with E-state index in [1.54, 1.807) is 31.5 Å². The van der Waals surface area contributed by atoms with Crippen LogP contribution in [0.25, 0.3) is 16.6 Å². The van der Waals surface area contributed by atoms with Crippen molar-refractivity contribution in [3.63, 3.8) is 0 Å². The van der Waals surface area contributed by atoms with Crippen LogP contribution in [0.4, 0.5) is 5.82 Å². The first-order chi connectivity index (χ1) is 15.4. The maximum absolute atomic E-state index is 13.5. The number of pyridine rings is 1. The van der Waals surface area contributed by atoms with Crippen LogP contribution in [0.5, 0.6) is 0 Å². The number of anilines is 1. The average molecular weight is 445 g/mol. The van der Waals surface area contributed by atoms with Crippen LogP contribution in [0.3, 0.4) is 0 Å². The van der Waals surface area contributed by atoms with Gasteiger partial charge >= 0.3 is 5.03 Å². The maximum atomic E-state index is 13.5. The molecule has 3 heterocycles. The highest BCUT2D eigenvalue weighted by Crippen LogP contribution is 2.32. The molecule has 0 aliphatic heterocycles. The smallest absolute Gasteiger partial charge is 0.317 e. The highest BCUT2D eigenvalue weighted by molar-refractivity contribution is 7.97. The minimum absolute atomic E-state index is 0.163. The number of nitrogens with zero attached hydrogens (tertiary/aromatic N) is 5. The molecule has 0 amide bonds. The number of benzene rings is 2. The molecule has 1 atom stereocenters. The summed E-state index contributed by atoms with van der Waals surface area (Å²) in [5.74, 6) is 0.560. The molecular weight excluding hydrogens is 424 g/mol. The van der Waals surface area contributed by atoms with Crippen LogP contribution in [0.1, 0.15) is 16.7 Å². The van der Waals surface area contributed by atoms with Gasteiger partial charge in [0, 0.05) is 29.9 Å². The van der Waals surface area contributed by atoms with Gasteiger partial charge in [-0.05, 0) is 55.3 Å². The predicted molar refractivity (Wildman–Crippen MR) is 121 cm³/mol. The van der Waals surface area contributed by atoms with Crippen LogP contribution in [-0.2, 0) is 21.0 Å². The lowest BCUT2D eigenvalue weighted by Crippen LogP contribution is -2.14. The molecular formula is C23H20N6O2S. The third-order valence-corrected chi connectivity index (χ3v) is 7.11. The molecule has 0 saturated carbocycles. The fraction of sp³-hybridized carbons (Fsp3) is 0.130. The summed E-state index contributed by atoms with van der Waals surface area (Å²) in [4.78, 5) is 8.90. The summed E-state index contributed by atoms with van der Waals surface area (Å²) in [5, 5.41) is 12.2. The first-order valence-corrected chi connectivity index (χ1v) is 11.5. The minimum atomic E-state index is -3.92. The standard InChI is InChI=1S/C23H20N6O2S/c1-15-7-8-16(2)20(13-15)32(30,31)23-22-26-21(25-14-17-9-11-24-12-10-17)18-5-3-4-6-19(18)29(22)28-27-23/h3-13H,14H2,1-2H3,(H-,25,26,30,31). The molecule has 0 bridgehead atoms. The van der Waals surface area contributed by atoms with Crippen LogP contribution in [-0.4, -0.2) is 29.3 Å². The number of hydrogen-bond acceptors (Lipinski definition) is 7. The summed E-state index contributed by atoms with van der Waals surface area (Å²) in [6, 6.07) is 16.7. The number of sulfone groups is 1. The van der Waals surface area contributed by atoms with Crippen molar-refractivity contribution >= 4 is 32.6 Å². The number of nitrogens with one attached hydrogen (secondary N) is 1. The van der Waals surface area contributed by atoms with Gasteiger partial charge < -0.3 is 9.87 Å². The minimum Gasteiger partial charge on any atom is -0.604 e. The monoisotopic (exact) mass is 444 g/mol. The summed E-state index contributed by atoms with van der Waals surface area (Å²) in [6.07, 6.45) is 3.45. The molecule has 0 saturated heterocycles. The van der Waals surface area contributed by atoms with Gasteiger partial charge in [-0.25, -0.2) is 4.98 Å². The Kier molecular flexibility index (Phi) is 4.91. The number of rotatable bonds is 5. The summed E-state index contributed by atoms with van der Waals surface area (Å²) in [7, 11) is -3.92. The van der Waals surface area contributed by atoms with E-state index in [2.05, 4.69) is 25.6 Å². The SMILES string of the molecule is Cc1ccc(C)c([S+](=O)([O-])c2nnn3c2nc(NCc2ccncc2)c2ccccc23)c1. The molecule has 1 unspecified atom stereocenters. The van der Waals surface area contributed by atoms with Crippen molar-refractivity contribution in [3.8, 4) is 0 Å². The Morgan fingerprint density at radius 1 is 1.06 bits per heavy atom. The Morgan fingerprint density at radius 2 is 1.84 bits per heavy atom. The van der Waals surface area contributed by atoms with Gasteiger partial charge in [-0.15, -0.1) is 0 Å². The fourth-order valence-electron chi connectivity index (χ4n) is 3.64. The van der Waals surface area contributed by atoms with Gasteiger partial charge in [0.15, 0.2) is 4.90 Å². The van der Waals surface area contributed by atoms with Gasteiger partial charge in [0.2, 0.25) is 5.65 Å². The summed E-state index contributed by atoms with van der Waals surface area (Å²) in [6.45, 7) is 4.13. The van der Waals surface area contributed by atoms with E-state index in [1.807, 2.05) is 49.4 Å². The number of hydrogen-bond donors (Lipinski definition) is 1. The second kappa shape index (κ2) is 7.77. The summed E-state index contributed by atoms with van der Waals surface area (Å²) < 4.78 is 28.5. The van der Waals surface area contributed by atoms with Crippen molar-refractivity contribution in [2.24, 2.45) is 0 Å². The molecule has 5 aromatic rings. The van der Waals surface area contributed by atoms with E-state index in [0.29, 0.717) is 23.4 Å². The lowest BCUT2D eigenvalue weighted by molar-refractivity contribution is 0.474. The quantitative estimate of drug-likeness (QED) is 0.409. The van der Waals surface area contributed by atoms with E-state index in [-0.39, 0.29) is 15.6 Å². The van der Waals surface area contributed by atoms with E-state index in [9.17, 15) is 8.76 Å². The predicted octanol–water partition coefficient (Wildman–Crippen LogP) is 3.95. The second-order valence-electron chi connectivity index (χ2n) is 7.59. The van der Waals surface area contributed by atoms with Crippen molar-refractivity contribution in [1.29, 1.82) is 0 Å². The van der Waals surface area contributed by atoms with Crippen molar-refractivity contribution in [2.45, 2.75) is 30.3 Å². The lowest BCUT2D eigenvalue weighted by Gasteiger charge is -2.15. The molecule has 5 rings (SSSR count). The average Bonchev–Trinajstić information content (AvgIpc) is 3.25. The molecule has 9 heteroatoms. The van der Waals surface area contributed by atoms with Gasteiger partial charge in [-0.2, -0.15) is 4.52 Å². The molecule has 0 aliphatic rings. The summed E-state index contributed by atoms with van der Waals surface area (Å²) in [5.41, 5.74) is 3.42. The number of aromatic nitrogens is 5. The van der Waals surface area contributed by atoms with Crippen molar-refractivity contribution in [2.75, 3.05) is 5.32 Å². The van der Waals surface area contributed by atoms with E-state index in [0.717, 1.165) is 16.5 Å². The molecule has 0 fully saturated rings. The van der Waals surface area contributed by atoms with Crippen LogP contribution in [0.15, 0.2) is 76.9 Å². The van der Waals surface area contributed by atoms with E-state index in [4.69, 9.17) is 0 Å². The molecule has 2 aromatic carbocycles. The van der Waals surface area contributed by atoms with Crippen molar-refractivity contribution in [1.82, 2.24) is 24.8 Å². The van der Waals surface area contributed by atoms with Gasteiger partial charge in [-0.3, -0.25) is 4.98 Å². The number of fused-ring (bicyclic) bond motifs is 3. The fourth-order valence-corrected chi connectivity index (χ4v) is 5.20. The normalized spacial score (nSPS) is 13.3. The Morgan fingerprint density at radius 3 is 2.66 bits per heavy atom. The maximum Gasteiger partial charge on any atom is 0.317 e. The molecule has 0 spiro atoms. The highest BCUT2D eigenvalue weighted by atomic mass is 32.3. The van der Waals surface area contributed by atoms with Crippen molar-refractivity contribution < 1.29 is 8.76 Å². The summed E-state index contributed by atoms with van der Waals surface area (Å²) >= 11 is 0. The number of aryl methyl sites for hydroxylation is 2. The molecule has 8 nitrogen and oxygen atoms in total. The first-order valence-electron chi connectivity index (χ1n) is 10.0. The molecule has 0 aliphatic carbocycles. The van der Waals surface area contributed by atoms with Gasteiger partial charge in [0.25, 0.3) is 0 Å². The van der Waals surface area contributed by atoms with E-state index >= 15 is 0 Å². The van der Waals surface area contributed by atoms with E-state index < -0.39 is 10.2 Å². The highest BCUT2D eigenvalue weighted by Gasteiger charge is 2.34. The first kappa shape index (κ1) is 20.2. The molecule has 1 N–H and O–H groups in total. The zero-order valence-electron chi connectivity index (χ0n) is 17.5. The Hall–Kier alpha value is -3.69. The van der Waals surface area contributed by atoms with Crippen molar-refractivity contribution in [3.05, 3.63) is 83.7 Å². The third-order valence-electron chi connectivity index (χ3n) is 5.32. The van der Waals surface area contributed by atoms with Crippen LogP contribution in [0.2, 0.25) is 0 Å². The Labute approximate surface area is 185 Å². The Bertz CT molecular complexity index is 1500. The lowest BCUT2D eigenvalue weighted by atomic mass is 10.2.